The van der Waals surface area contributed by atoms with Crippen LogP contribution in [0.2, 0.25) is 0 Å². The van der Waals surface area contributed by atoms with E-state index in [0.717, 1.165) is 18.7 Å². The van der Waals surface area contributed by atoms with E-state index in [4.69, 9.17) is 4.74 Å². The van der Waals surface area contributed by atoms with Gasteiger partial charge in [0.1, 0.15) is 0 Å². The van der Waals surface area contributed by atoms with Crippen molar-refractivity contribution >= 4 is 5.69 Å². The maximum Gasteiger partial charge on any atom is 0.269 e. The standard InChI is InChI=1S/C13H20N2O3/c1-11(2)10-18-7-6-14-9-12-4-3-5-13(8-12)15(16)17/h3-5,8,11,14H,6-7,9-10H2,1-2H3. The van der Waals surface area contributed by atoms with E-state index < -0.39 is 0 Å². The zero-order chi connectivity index (χ0) is 13.4. The average molecular weight is 252 g/mol. The third-order valence-corrected chi connectivity index (χ3v) is 2.32. The monoisotopic (exact) mass is 252 g/mol. The van der Waals surface area contributed by atoms with Gasteiger partial charge in [-0.25, -0.2) is 0 Å². The van der Waals surface area contributed by atoms with Gasteiger partial charge in [-0.1, -0.05) is 26.0 Å². The molecule has 0 atom stereocenters. The van der Waals surface area contributed by atoms with Crippen LogP contribution in [0.15, 0.2) is 24.3 Å². The van der Waals surface area contributed by atoms with Crippen LogP contribution < -0.4 is 5.32 Å². The van der Waals surface area contributed by atoms with Gasteiger partial charge >= 0.3 is 0 Å². The number of benzene rings is 1. The summed E-state index contributed by atoms with van der Waals surface area (Å²) in [5.74, 6) is 0.543. The van der Waals surface area contributed by atoms with E-state index in [2.05, 4.69) is 19.2 Å². The summed E-state index contributed by atoms with van der Waals surface area (Å²) in [6.45, 7) is 7.00. The molecule has 1 aromatic carbocycles. The van der Waals surface area contributed by atoms with Gasteiger partial charge in [0.05, 0.1) is 11.5 Å². The lowest BCUT2D eigenvalue weighted by Crippen LogP contribution is -2.20. The molecule has 0 bridgehead atoms. The molecule has 5 heteroatoms. The van der Waals surface area contributed by atoms with Crippen molar-refractivity contribution in [3.63, 3.8) is 0 Å². The van der Waals surface area contributed by atoms with Crippen LogP contribution in [0, 0.1) is 16.0 Å². The SMILES string of the molecule is CC(C)COCCNCc1cccc([N+](=O)[O-])c1. The summed E-state index contributed by atoms with van der Waals surface area (Å²) in [6, 6.07) is 6.65. The van der Waals surface area contributed by atoms with E-state index in [9.17, 15) is 10.1 Å². The Labute approximate surface area is 107 Å². The van der Waals surface area contributed by atoms with Crippen molar-refractivity contribution < 1.29 is 9.66 Å². The molecule has 5 nitrogen and oxygen atoms in total. The van der Waals surface area contributed by atoms with Gasteiger partial charge in [0.2, 0.25) is 0 Å². The van der Waals surface area contributed by atoms with Crippen molar-refractivity contribution in [3.05, 3.63) is 39.9 Å². The Kier molecular flexibility index (Phi) is 6.32. The topological polar surface area (TPSA) is 64.4 Å². The Bertz CT molecular complexity index is 380. The summed E-state index contributed by atoms with van der Waals surface area (Å²) in [5, 5.41) is 13.8. The summed E-state index contributed by atoms with van der Waals surface area (Å²) in [4.78, 5) is 10.2. The summed E-state index contributed by atoms with van der Waals surface area (Å²) in [5.41, 5.74) is 1.04. The normalized spacial score (nSPS) is 10.8. The van der Waals surface area contributed by atoms with Gasteiger partial charge in [0.15, 0.2) is 0 Å². The van der Waals surface area contributed by atoms with Gasteiger partial charge in [0, 0.05) is 31.8 Å². The number of ether oxygens (including phenoxy) is 1. The van der Waals surface area contributed by atoms with E-state index in [1.54, 1.807) is 12.1 Å². The van der Waals surface area contributed by atoms with Crippen LogP contribution >= 0.6 is 0 Å². The van der Waals surface area contributed by atoms with E-state index in [0.29, 0.717) is 19.1 Å². The zero-order valence-corrected chi connectivity index (χ0v) is 10.9. The molecular formula is C13H20N2O3. The van der Waals surface area contributed by atoms with Gasteiger partial charge in [-0.3, -0.25) is 10.1 Å². The third kappa shape index (κ3) is 5.75. The minimum Gasteiger partial charge on any atom is -0.380 e. The Morgan fingerprint density at radius 1 is 1.44 bits per heavy atom. The van der Waals surface area contributed by atoms with E-state index >= 15 is 0 Å². The number of nitro benzene ring substituents is 1. The predicted molar refractivity (Wildman–Crippen MR) is 70.5 cm³/mol. The highest BCUT2D eigenvalue weighted by molar-refractivity contribution is 5.34. The highest BCUT2D eigenvalue weighted by Gasteiger charge is 2.04. The summed E-state index contributed by atoms with van der Waals surface area (Å²) >= 11 is 0. The Morgan fingerprint density at radius 3 is 2.89 bits per heavy atom. The second-order valence-electron chi connectivity index (χ2n) is 4.57. The van der Waals surface area contributed by atoms with Gasteiger partial charge in [-0.15, -0.1) is 0 Å². The van der Waals surface area contributed by atoms with Crippen LogP contribution in [0.3, 0.4) is 0 Å². The van der Waals surface area contributed by atoms with Crippen LogP contribution in [0.4, 0.5) is 5.69 Å². The second kappa shape index (κ2) is 7.79. The Balaban J connectivity index is 2.23. The lowest BCUT2D eigenvalue weighted by molar-refractivity contribution is -0.384. The molecule has 0 aliphatic rings. The first kappa shape index (κ1) is 14.6. The molecule has 100 valence electrons. The molecule has 0 aliphatic heterocycles. The van der Waals surface area contributed by atoms with Crippen LogP contribution in [0.5, 0.6) is 0 Å². The maximum absolute atomic E-state index is 10.6. The molecule has 1 rings (SSSR count). The van der Waals surface area contributed by atoms with Crippen molar-refractivity contribution in [2.45, 2.75) is 20.4 Å². The predicted octanol–water partition coefficient (Wildman–Crippen LogP) is 2.36. The lowest BCUT2D eigenvalue weighted by Gasteiger charge is -2.08. The number of nitrogens with zero attached hydrogens (tertiary/aromatic N) is 1. The van der Waals surface area contributed by atoms with Gasteiger partial charge in [0.25, 0.3) is 5.69 Å². The molecule has 0 unspecified atom stereocenters. The second-order valence-corrected chi connectivity index (χ2v) is 4.57. The smallest absolute Gasteiger partial charge is 0.269 e. The van der Waals surface area contributed by atoms with Gasteiger partial charge < -0.3 is 10.1 Å². The maximum atomic E-state index is 10.6. The Morgan fingerprint density at radius 2 is 2.22 bits per heavy atom. The van der Waals surface area contributed by atoms with Crippen molar-refractivity contribution in [1.82, 2.24) is 5.32 Å². The minimum atomic E-state index is -0.380. The van der Waals surface area contributed by atoms with Crippen molar-refractivity contribution in [1.29, 1.82) is 0 Å². The molecule has 0 amide bonds. The molecule has 1 N–H and O–H groups in total. The highest BCUT2D eigenvalue weighted by Crippen LogP contribution is 2.12. The van der Waals surface area contributed by atoms with Crippen LogP contribution in [0.1, 0.15) is 19.4 Å². The molecule has 0 heterocycles. The number of hydrogen-bond acceptors (Lipinski definition) is 4. The summed E-state index contributed by atoms with van der Waals surface area (Å²) in [7, 11) is 0. The first-order valence-corrected chi connectivity index (χ1v) is 6.11. The molecule has 0 saturated heterocycles. The summed E-state index contributed by atoms with van der Waals surface area (Å²) < 4.78 is 5.42. The molecular weight excluding hydrogens is 232 g/mol. The molecule has 0 radical (unpaired) electrons. The lowest BCUT2D eigenvalue weighted by atomic mass is 10.2. The Hall–Kier alpha value is -1.46. The van der Waals surface area contributed by atoms with Crippen LogP contribution in [-0.2, 0) is 11.3 Å². The number of non-ortho nitro benzene ring substituents is 1. The molecule has 0 fully saturated rings. The minimum absolute atomic E-state index is 0.130. The summed E-state index contributed by atoms with van der Waals surface area (Å²) in [6.07, 6.45) is 0. The van der Waals surface area contributed by atoms with E-state index in [-0.39, 0.29) is 10.6 Å². The first-order valence-electron chi connectivity index (χ1n) is 6.11. The molecule has 0 saturated carbocycles. The fraction of sp³-hybridized carbons (Fsp3) is 0.538. The number of nitro groups is 1. The number of rotatable bonds is 8. The van der Waals surface area contributed by atoms with Crippen LogP contribution in [0.25, 0.3) is 0 Å². The van der Waals surface area contributed by atoms with Crippen LogP contribution in [-0.4, -0.2) is 24.7 Å². The zero-order valence-electron chi connectivity index (χ0n) is 10.9. The van der Waals surface area contributed by atoms with Crippen molar-refractivity contribution in [2.75, 3.05) is 19.8 Å². The number of nitrogens with one attached hydrogen (secondary N) is 1. The highest BCUT2D eigenvalue weighted by atomic mass is 16.6. The molecule has 0 aliphatic carbocycles. The van der Waals surface area contributed by atoms with Gasteiger partial charge in [-0.2, -0.15) is 0 Å². The fourth-order valence-electron chi connectivity index (χ4n) is 1.48. The van der Waals surface area contributed by atoms with E-state index in [1.807, 2.05) is 6.07 Å². The fourth-order valence-corrected chi connectivity index (χ4v) is 1.48. The largest absolute Gasteiger partial charge is 0.380 e. The molecule has 0 spiro atoms. The quantitative estimate of drug-likeness (QED) is 0.438. The number of hydrogen-bond donors (Lipinski definition) is 1. The van der Waals surface area contributed by atoms with Gasteiger partial charge in [-0.05, 0) is 11.5 Å². The first-order chi connectivity index (χ1) is 8.59. The molecule has 1 aromatic rings. The van der Waals surface area contributed by atoms with E-state index in [1.165, 1.54) is 6.07 Å². The van der Waals surface area contributed by atoms with Crippen molar-refractivity contribution in [2.24, 2.45) is 5.92 Å². The average Bonchev–Trinajstić information content (AvgIpc) is 2.33. The molecule has 0 aromatic heterocycles. The third-order valence-electron chi connectivity index (χ3n) is 2.32. The van der Waals surface area contributed by atoms with Crippen molar-refractivity contribution in [3.8, 4) is 0 Å². The molecule has 18 heavy (non-hydrogen) atoms.